The molecule has 0 fully saturated rings. The molecule has 128 valence electrons. The van der Waals surface area contributed by atoms with Gasteiger partial charge in [-0.1, -0.05) is 55.4 Å². The molecule has 1 unspecified atom stereocenters. The van der Waals surface area contributed by atoms with Gasteiger partial charge in [-0.05, 0) is 23.3 Å². The quantitative estimate of drug-likeness (QED) is 0.393. The van der Waals surface area contributed by atoms with Crippen LogP contribution in [0.5, 0.6) is 0 Å². The van der Waals surface area contributed by atoms with E-state index in [2.05, 4.69) is 21.3 Å². The lowest BCUT2D eigenvalue weighted by Crippen LogP contribution is -2.16. The van der Waals surface area contributed by atoms with E-state index in [9.17, 15) is 4.79 Å². The van der Waals surface area contributed by atoms with Crippen LogP contribution in [-0.2, 0) is 16.2 Å². The van der Waals surface area contributed by atoms with Crippen LogP contribution >= 0.6 is 0 Å². The van der Waals surface area contributed by atoms with Crippen molar-refractivity contribution in [1.82, 2.24) is 14.8 Å². The van der Waals surface area contributed by atoms with Gasteiger partial charge in [-0.15, -0.1) is 0 Å². The van der Waals surface area contributed by atoms with Crippen LogP contribution in [0, 0.1) is 5.92 Å². The van der Waals surface area contributed by atoms with Gasteiger partial charge >= 0.3 is 5.97 Å². The van der Waals surface area contributed by atoms with E-state index in [0.717, 1.165) is 16.3 Å². The fourth-order valence-electron chi connectivity index (χ4n) is 2.37. The molecule has 0 N–H and O–H groups in total. The Kier molecular flexibility index (Phi) is 5.18. The van der Waals surface area contributed by atoms with Crippen LogP contribution in [0.25, 0.3) is 10.8 Å². The van der Waals surface area contributed by atoms with Gasteiger partial charge in [0.05, 0.1) is 12.5 Å². The molecule has 0 radical (unpaired) electrons. The first-order chi connectivity index (χ1) is 12.2. The van der Waals surface area contributed by atoms with Crippen molar-refractivity contribution in [2.45, 2.75) is 26.8 Å². The molecule has 1 heterocycles. The lowest BCUT2D eigenvalue weighted by Gasteiger charge is -2.09. The van der Waals surface area contributed by atoms with Crippen molar-refractivity contribution in [3.05, 3.63) is 60.7 Å². The number of oxime groups is 1. The maximum absolute atomic E-state index is 12.0. The molecule has 0 aliphatic heterocycles. The predicted molar refractivity (Wildman–Crippen MR) is 96.1 cm³/mol. The molecule has 3 rings (SSSR count). The van der Waals surface area contributed by atoms with Crippen molar-refractivity contribution in [2.24, 2.45) is 11.1 Å². The minimum atomic E-state index is -0.334. The zero-order valence-corrected chi connectivity index (χ0v) is 14.3. The summed E-state index contributed by atoms with van der Waals surface area (Å²) in [5.74, 6) is -0.521. The van der Waals surface area contributed by atoms with E-state index >= 15 is 0 Å². The number of hydrogen-bond donors (Lipinski definition) is 0. The van der Waals surface area contributed by atoms with Crippen molar-refractivity contribution in [2.75, 3.05) is 0 Å². The number of aromatic nitrogens is 3. The Morgan fingerprint density at radius 1 is 1.24 bits per heavy atom. The molecule has 0 aliphatic carbocycles. The van der Waals surface area contributed by atoms with E-state index in [4.69, 9.17) is 4.84 Å². The highest BCUT2D eigenvalue weighted by Crippen LogP contribution is 2.17. The minimum absolute atomic E-state index is 0.187. The van der Waals surface area contributed by atoms with Gasteiger partial charge in [0.25, 0.3) is 0 Å². The highest BCUT2D eigenvalue weighted by molar-refractivity contribution is 6.03. The highest BCUT2D eigenvalue weighted by Gasteiger charge is 2.14. The van der Waals surface area contributed by atoms with Crippen LogP contribution in [0.3, 0.4) is 0 Å². The molecule has 6 nitrogen and oxygen atoms in total. The Labute approximate surface area is 146 Å². The molecule has 0 saturated carbocycles. The summed E-state index contributed by atoms with van der Waals surface area (Å²) in [6, 6.07) is 14.1. The zero-order chi connectivity index (χ0) is 17.6. The summed E-state index contributed by atoms with van der Waals surface area (Å²) in [5, 5.41) is 10.5. The lowest BCUT2D eigenvalue weighted by molar-refractivity contribution is -0.148. The number of benzene rings is 2. The molecular formula is C19H20N4O2. The molecule has 6 heteroatoms. The van der Waals surface area contributed by atoms with Gasteiger partial charge in [0.1, 0.15) is 18.4 Å². The van der Waals surface area contributed by atoms with Gasteiger partial charge in [0, 0.05) is 5.56 Å². The Morgan fingerprint density at radius 3 is 2.76 bits per heavy atom. The van der Waals surface area contributed by atoms with E-state index < -0.39 is 0 Å². The standard InChI is InChI=1S/C19H20N4O2/c1-3-14(2)19(24)25-22-18(11-23-13-20-12-21-23)17-9-8-15-6-4-5-7-16(15)10-17/h4-10,12-14H,3,11H2,1-2H3/b22-18+. The molecule has 1 aromatic heterocycles. The van der Waals surface area contributed by atoms with Crippen molar-refractivity contribution < 1.29 is 9.63 Å². The molecule has 1 atom stereocenters. The van der Waals surface area contributed by atoms with Gasteiger partial charge in [0.15, 0.2) is 0 Å². The van der Waals surface area contributed by atoms with Crippen LogP contribution in [0.15, 0.2) is 60.3 Å². The summed E-state index contributed by atoms with van der Waals surface area (Å²) >= 11 is 0. The molecule has 0 aliphatic rings. The fourth-order valence-corrected chi connectivity index (χ4v) is 2.37. The summed E-state index contributed by atoms with van der Waals surface area (Å²) in [6.07, 6.45) is 3.78. The summed E-state index contributed by atoms with van der Waals surface area (Å²) in [6.45, 7) is 4.13. The van der Waals surface area contributed by atoms with E-state index in [1.807, 2.05) is 50.2 Å². The smallest absolute Gasteiger partial charge is 0.318 e. The van der Waals surface area contributed by atoms with Gasteiger partial charge < -0.3 is 4.84 Å². The number of hydrogen-bond acceptors (Lipinski definition) is 5. The average molecular weight is 336 g/mol. The maximum atomic E-state index is 12.0. The van der Waals surface area contributed by atoms with Crippen molar-refractivity contribution in [1.29, 1.82) is 0 Å². The molecule has 25 heavy (non-hydrogen) atoms. The van der Waals surface area contributed by atoms with E-state index in [0.29, 0.717) is 18.7 Å². The van der Waals surface area contributed by atoms with Gasteiger partial charge in [-0.25, -0.2) is 14.5 Å². The molecule has 0 saturated heterocycles. The van der Waals surface area contributed by atoms with E-state index in [1.54, 1.807) is 11.0 Å². The van der Waals surface area contributed by atoms with Crippen LogP contribution in [0.2, 0.25) is 0 Å². The van der Waals surface area contributed by atoms with Crippen LogP contribution in [0.4, 0.5) is 0 Å². The van der Waals surface area contributed by atoms with E-state index in [-0.39, 0.29) is 11.9 Å². The molecular weight excluding hydrogens is 316 g/mol. The summed E-state index contributed by atoms with van der Waals surface area (Å²) < 4.78 is 1.64. The largest absolute Gasteiger partial charge is 0.337 e. The molecule has 3 aromatic rings. The summed E-state index contributed by atoms with van der Waals surface area (Å²) in [5.41, 5.74) is 1.50. The van der Waals surface area contributed by atoms with Crippen molar-refractivity contribution in [3.8, 4) is 0 Å². The summed E-state index contributed by atoms with van der Waals surface area (Å²) in [7, 11) is 0. The van der Waals surface area contributed by atoms with Crippen molar-refractivity contribution in [3.63, 3.8) is 0 Å². The Morgan fingerprint density at radius 2 is 2.04 bits per heavy atom. The Hall–Kier alpha value is -3.02. The third kappa shape index (κ3) is 4.09. The first-order valence-corrected chi connectivity index (χ1v) is 8.26. The first kappa shape index (κ1) is 16.8. The Bertz CT molecular complexity index is 887. The number of rotatable bonds is 6. The highest BCUT2D eigenvalue weighted by atomic mass is 16.7. The van der Waals surface area contributed by atoms with Gasteiger partial charge in [-0.2, -0.15) is 5.10 Å². The number of carbonyl (C=O) groups excluding carboxylic acids is 1. The second-order valence-electron chi connectivity index (χ2n) is 5.91. The molecule has 0 spiro atoms. The van der Waals surface area contributed by atoms with Gasteiger partial charge in [0.2, 0.25) is 0 Å². The lowest BCUT2D eigenvalue weighted by atomic mass is 10.0. The minimum Gasteiger partial charge on any atom is -0.318 e. The van der Waals surface area contributed by atoms with Crippen LogP contribution in [-0.4, -0.2) is 26.4 Å². The third-order valence-electron chi connectivity index (χ3n) is 4.12. The molecule has 0 bridgehead atoms. The molecule has 0 amide bonds. The second-order valence-corrected chi connectivity index (χ2v) is 5.91. The number of carbonyl (C=O) groups is 1. The topological polar surface area (TPSA) is 69.4 Å². The van der Waals surface area contributed by atoms with E-state index in [1.165, 1.54) is 6.33 Å². The number of nitrogens with zero attached hydrogens (tertiary/aromatic N) is 4. The molecule has 2 aromatic carbocycles. The SMILES string of the molecule is CCC(C)C(=O)O/N=C(\Cn1cncn1)c1ccc2ccccc2c1. The predicted octanol–water partition coefficient (Wildman–Crippen LogP) is 3.42. The van der Waals surface area contributed by atoms with Crippen LogP contribution in [0.1, 0.15) is 25.8 Å². The van der Waals surface area contributed by atoms with Gasteiger partial charge in [-0.3, -0.25) is 0 Å². The summed E-state index contributed by atoms with van der Waals surface area (Å²) in [4.78, 5) is 21.1. The van der Waals surface area contributed by atoms with Crippen molar-refractivity contribution >= 4 is 22.5 Å². The number of fused-ring (bicyclic) bond motifs is 1. The monoisotopic (exact) mass is 336 g/mol. The normalized spacial score (nSPS) is 13.0. The first-order valence-electron chi connectivity index (χ1n) is 8.26. The average Bonchev–Trinajstić information content (AvgIpc) is 3.16. The second kappa shape index (κ2) is 7.70. The fraction of sp³-hybridized carbons (Fsp3) is 0.263. The Balaban J connectivity index is 1.92. The maximum Gasteiger partial charge on any atom is 0.337 e. The van der Waals surface area contributed by atoms with Crippen LogP contribution < -0.4 is 0 Å². The zero-order valence-electron chi connectivity index (χ0n) is 14.3. The third-order valence-corrected chi connectivity index (χ3v) is 4.12.